The van der Waals surface area contributed by atoms with E-state index in [0.29, 0.717) is 13.2 Å². The summed E-state index contributed by atoms with van der Waals surface area (Å²) in [5.41, 5.74) is 7.43. The van der Waals surface area contributed by atoms with Crippen molar-refractivity contribution >= 4 is 11.7 Å². The molecule has 0 saturated carbocycles. The van der Waals surface area contributed by atoms with Crippen LogP contribution in [-0.2, 0) is 4.74 Å². The van der Waals surface area contributed by atoms with Gasteiger partial charge in [-0.3, -0.25) is 0 Å². The first-order valence-electron chi connectivity index (χ1n) is 7.13. The Morgan fingerprint density at radius 3 is 2.60 bits per heavy atom. The van der Waals surface area contributed by atoms with Crippen molar-refractivity contribution in [3.8, 4) is 0 Å². The van der Waals surface area contributed by atoms with E-state index in [9.17, 15) is 4.79 Å². The van der Waals surface area contributed by atoms with E-state index >= 15 is 0 Å². The van der Waals surface area contributed by atoms with Crippen LogP contribution >= 0.6 is 0 Å². The Hall–Kier alpha value is -1.59. The minimum atomic E-state index is -0.0360. The van der Waals surface area contributed by atoms with Gasteiger partial charge in [0.25, 0.3) is 0 Å². The van der Waals surface area contributed by atoms with E-state index in [-0.39, 0.29) is 12.1 Å². The summed E-state index contributed by atoms with van der Waals surface area (Å²) in [7, 11) is 0. The third-order valence-electron chi connectivity index (χ3n) is 3.50. The molecule has 0 spiro atoms. The van der Waals surface area contributed by atoms with E-state index in [2.05, 4.69) is 5.32 Å². The van der Waals surface area contributed by atoms with Crippen LogP contribution in [0.3, 0.4) is 0 Å². The molecule has 1 aliphatic heterocycles. The van der Waals surface area contributed by atoms with Crippen molar-refractivity contribution in [2.45, 2.75) is 25.9 Å². The zero-order chi connectivity index (χ0) is 14.4. The molecule has 1 fully saturated rings. The highest BCUT2D eigenvalue weighted by Gasteiger charge is 2.22. The van der Waals surface area contributed by atoms with Gasteiger partial charge in [0.15, 0.2) is 0 Å². The number of anilines is 1. The number of nitrogens with one attached hydrogen (secondary N) is 1. The molecule has 1 aliphatic rings. The van der Waals surface area contributed by atoms with Crippen molar-refractivity contribution in [2.24, 2.45) is 5.73 Å². The number of nitrogens with zero attached hydrogens (tertiary/aromatic N) is 1. The molecule has 0 atom stereocenters. The fourth-order valence-electron chi connectivity index (χ4n) is 2.30. The molecule has 20 heavy (non-hydrogen) atoms. The Labute approximate surface area is 120 Å². The molecule has 2 amide bonds. The molecule has 0 aliphatic carbocycles. The largest absolute Gasteiger partial charge is 0.377 e. The zero-order valence-electron chi connectivity index (χ0n) is 12.0. The number of nitrogens with two attached hydrogens (primary N) is 1. The number of carbonyl (C=O) groups excluding carboxylic acids is 1. The van der Waals surface area contributed by atoms with Crippen molar-refractivity contribution in [1.82, 2.24) is 4.90 Å². The molecule has 0 aromatic heterocycles. The van der Waals surface area contributed by atoms with Crippen LogP contribution in [0.2, 0.25) is 0 Å². The molecular formula is C15H23N3O2. The first kappa shape index (κ1) is 14.8. The molecule has 5 heteroatoms. The van der Waals surface area contributed by atoms with E-state index in [0.717, 1.165) is 31.6 Å². The summed E-state index contributed by atoms with van der Waals surface area (Å²) in [6.45, 7) is 4.63. The van der Waals surface area contributed by atoms with Gasteiger partial charge in [0.1, 0.15) is 0 Å². The van der Waals surface area contributed by atoms with Gasteiger partial charge in [-0.25, -0.2) is 4.79 Å². The summed E-state index contributed by atoms with van der Waals surface area (Å²) in [5, 5.41) is 2.92. The Balaban J connectivity index is 1.78. The van der Waals surface area contributed by atoms with Crippen LogP contribution in [0.5, 0.6) is 0 Å². The summed E-state index contributed by atoms with van der Waals surface area (Å²) in [4.78, 5) is 14.0. The summed E-state index contributed by atoms with van der Waals surface area (Å²) >= 11 is 0. The first-order valence-corrected chi connectivity index (χ1v) is 7.13. The summed E-state index contributed by atoms with van der Waals surface area (Å²) in [6, 6.07) is 7.78. The fourth-order valence-corrected chi connectivity index (χ4v) is 2.30. The van der Waals surface area contributed by atoms with Crippen molar-refractivity contribution in [3.05, 3.63) is 29.8 Å². The second kappa shape index (κ2) is 7.26. The van der Waals surface area contributed by atoms with Gasteiger partial charge in [-0.05, 0) is 31.9 Å². The molecule has 0 unspecified atom stereocenters. The number of piperidine rings is 1. The van der Waals surface area contributed by atoms with Gasteiger partial charge in [-0.1, -0.05) is 17.7 Å². The number of urea groups is 1. The molecule has 1 aromatic rings. The van der Waals surface area contributed by atoms with Gasteiger partial charge < -0.3 is 20.7 Å². The first-order chi connectivity index (χ1) is 9.69. The van der Waals surface area contributed by atoms with Gasteiger partial charge in [0, 0.05) is 25.3 Å². The highest BCUT2D eigenvalue weighted by atomic mass is 16.5. The smallest absolute Gasteiger partial charge is 0.321 e. The van der Waals surface area contributed by atoms with Gasteiger partial charge in [-0.2, -0.15) is 0 Å². The molecule has 0 bridgehead atoms. The Morgan fingerprint density at radius 2 is 2.00 bits per heavy atom. The predicted octanol–water partition coefficient (Wildman–Crippen LogP) is 1.97. The molecule has 2 rings (SSSR count). The zero-order valence-corrected chi connectivity index (χ0v) is 12.0. The molecule has 1 heterocycles. The van der Waals surface area contributed by atoms with Crippen LogP contribution in [-0.4, -0.2) is 43.3 Å². The lowest BCUT2D eigenvalue weighted by Crippen LogP contribution is -2.43. The van der Waals surface area contributed by atoms with Crippen LogP contribution < -0.4 is 11.1 Å². The second-order valence-electron chi connectivity index (χ2n) is 5.14. The molecule has 1 aromatic carbocycles. The van der Waals surface area contributed by atoms with Crippen LogP contribution in [0.25, 0.3) is 0 Å². The molecule has 1 saturated heterocycles. The van der Waals surface area contributed by atoms with E-state index in [1.54, 1.807) is 0 Å². The fraction of sp³-hybridized carbons (Fsp3) is 0.533. The summed E-state index contributed by atoms with van der Waals surface area (Å²) in [5.74, 6) is 0. The van der Waals surface area contributed by atoms with Gasteiger partial charge in [0.05, 0.1) is 12.7 Å². The summed E-state index contributed by atoms with van der Waals surface area (Å²) < 4.78 is 5.61. The molecule has 3 N–H and O–H groups in total. The second-order valence-corrected chi connectivity index (χ2v) is 5.14. The number of amides is 2. The van der Waals surface area contributed by atoms with Crippen molar-refractivity contribution < 1.29 is 9.53 Å². The minimum Gasteiger partial charge on any atom is -0.377 e. The van der Waals surface area contributed by atoms with Gasteiger partial charge >= 0.3 is 6.03 Å². The maximum Gasteiger partial charge on any atom is 0.321 e. The van der Waals surface area contributed by atoms with E-state index in [1.807, 2.05) is 36.1 Å². The topological polar surface area (TPSA) is 67.6 Å². The normalized spacial score (nSPS) is 16.2. The van der Waals surface area contributed by atoms with E-state index in [1.165, 1.54) is 5.56 Å². The number of ether oxygens (including phenoxy) is 1. The molecular weight excluding hydrogens is 254 g/mol. The van der Waals surface area contributed by atoms with Crippen LogP contribution in [0.4, 0.5) is 10.5 Å². The van der Waals surface area contributed by atoms with Crippen LogP contribution in [0.1, 0.15) is 18.4 Å². The summed E-state index contributed by atoms with van der Waals surface area (Å²) in [6.07, 6.45) is 1.99. The monoisotopic (exact) mass is 277 g/mol. The van der Waals surface area contributed by atoms with E-state index < -0.39 is 0 Å². The van der Waals surface area contributed by atoms with Crippen molar-refractivity contribution in [2.75, 3.05) is 31.6 Å². The third kappa shape index (κ3) is 4.21. The maximum absolute atomic E-state index is 12.1. The number of benzene rings is 1. The van der Waals surface area contributed by atoms with Crippen molar-refractivity contribution in [3.63, 3.8) is 0 Å². The Kier molecular flexibility index (Phi) is 5.38. The van der Waals surface area contributed by atoms with Crippen molar-refractivity contribution in [1.29, 1.82) is 0 Å². The number of aryl methyl sites for hydroxylation is 1. The lowest BCUT2D eigenvalue weighted by molar-refractivity contribution is 0.0201. The van der Waals surface area contributed by atoms with Crippen LogP contribution in [0, 0.1) is 6.92 Å². The minimum absolute atomic E-state index is 0.0360. The average molecular weight is 277 g/mol. The van der Waals surface area contributed by atoms with Gasteiger partial charge in [-0.15, -0.1) is 0 Å². The number of rotatable bonds is 4. The number of hydrogen-bond donors (Lipinski definition) is 2. The highest BCUT2D eigenvalue weighted by Crippen LogP contribution is 2.15. The van der Waals surface area contributed by atoms with Gasteiger partial charge in [0.2, 0.25) is 0 Å². The van der Waals surface area contributed by atoms with E-state index in [4.69, 9.17) is 10.5 Å². The SMILES string of the molecule is Cc1ccc(NC(=O)N2CCC(OCCN)CC2)cc1. The molecule has 110 valence electrons. The number of likely N-dealkylation sites (tertiary alicyclic amines) is 1. The molecule has 5 nitrogen and oxygen atoms in total. The third-order valence-corrected chi connectivity index (χ3v) is 3.50. The predicted molar refractivity (Wildman–Crippen MR) is 79.8 cm³/mol. The number of hydrogen-bond acceptors (Lipinski definition) is 3. The lowest BCUT2D eigenvalue weighted by Gasteiger charge is -2.31. The standard InChI is InChI=1S/C15H23N3O2/c1-12-2-4-13(5-3-12)17-15(19)18-9-6-14(7-10-18)20-11-8-16/h2-5,14H,6-11,16H2,1H3,(H,17,19). The average Bonchev–Trinajstić information content (AvgIpc) is 2.48. The highest BCUT2D eigenvalue weighted by molar-refractivity contribution is 5.89. The number of carbonyl (C=O) groups is 1. The molecule has 0 radical (unpaired) electrons. The van der Waals surface area contributed by atoms with Crippen LogP contribution in [0.15, 0.2) is 24.3 Å². The Morgan fingerprint density at radius 1 is 1.35 bits per heavy atom. The Bertz CT molecular complexity index is 425. The quantitative estimate of drug-likeness (QED) is 0.884. The lowest BCUT2D eigenvalue weighted by atomic mass is 10.1. The maximum atomic E-state index is 12.1.